The van der Waals surface area contributed by atoms with E-state index in [0.717, 1.165) is 12.8 Å². The highest BCUT2D eigenvalue weighted by molar-refractivity contribution is 5.77. The summed E-state index contributed by atoms with van der Waals surface area (Å²) in [5, 5.41) is 7.31. The van der Waals surface area contributed by atoms with Gasteiger partial charge in [-0.05, 0) is 26.7 Å². The number of nitrogens with one attached hydrogen (secondary N) is 1. The van der Waals surface area contributed by atoms with Gasteiger partial charge in [0, 0.05) is 37.4 Å². The fraction of sp³-hybridized carbons (Fsp3) is 0.615. The molecule has 1 aliphatic rings. The van der Waals surface area contributed by atoms with Crippen LogP contribution in [0.5, 0.6) is 0 Å². The van der Waals surface area contributed by atoms with E-state index < -0.39 is 0 Å². The molecule has 0 unspecified atom stereocenters. The Balaban J connectivity index is 2.28. The topological polar surface area (TPSA) is 88.0 Å². The second-order valence-corrected chi connectivity index (χ2v) is 5.26. The van der Waals surface area contributed by atoms with Gasteiger partial charge in [0.25, 0.3) is 5.56 Å². The molecule has 0 spiro atoms. The summed E-state index contributed by atoms with van der Waals surface area (Å²) >= 11 is 0. The van der Waals surface area contributed by atoms with Gasteiger partial charge in [-0.3, -0.25) is 10.2 Å². The second kappa shape index (κ2) is 5.42. The SMILES string of the molecule is CC(C)N(CCC(=N)N)c1nccn(C2CC2)c1=O. The van der Waals surface area contributed by atoms with Gasteiger partial charge in [0.15, 0.2) is 5.82 Å². The molecule has 1 aliphatic carbocycles. The average Bonchev–Trinajstić information content (AvgIpc) is 3.14. The van der Waals surface area contributed by atoms with Crippen molar-refractivity contribution in [1.29, 1.82) is 5.41 Å². The normalized spacial score (nSPS) is 14.7. The minimum absolute atomic E-state index is 0.0396. The van der Waals surface area contributed by atoms with E-state index in [0.29, 0.717) is 24.8 Å². The molecule has 0 bridgehead atoms. The zero-order chi connectivity index (χ0) is 14.0. The van der Waals surface area contributed by atoms with E-state index in [9.17, 15) is 4.79 Å². The Bertz CT molecular complexity index is 518. The molecular formula is C13H21N5O. The molecule has 1 heterocycles. The van der Waals surface area contributed by atoms with Crippen molar-refractivity contribution in [2.24, 2.45) is 5.73 Å². The van der Waals surface area contributed by atoms with Crippen LogP contribution < -0.4 is 16.2 Å². The highest BCUT2D eigenvalue weighted by Gasteiger charge is 2.26. The van der Waals surface area contributed by atoms with Crippen LogP contribution in [0.1, 0.15) is 39.2 Å². The van der Waals surface area contributed by atoms with Crippen LogP contribution in [0.15, 0.2) is 17.2 Å². The van der Waals surface area contributed by atoms with Gasteiger partial charge in [-0.25, -0.2) is 4.98 Å². The van der Waals surface area contributed by atoms with Gasteiger partial charge >= 0.3 is 0 Å². The van der Waals surface area contributed by atoms with Crippen LogP contribution in [0.2, 0.25) is 0 Å². The molecular weight excluding hydrogens is 242 g/mol. The Hall–Kier alpha value is -1.85. The number of hydrogen-bond donors (Lipinski definition) is 2. The minimum Gasteiger partial charge on any atom is -0.388 e. The molecule has 104 valence electrons. The predicted molar refractivity (Wildman–Crippen MR) is 75.8 cm³/mol. The van der Waals surface area contributed by atoms with Crippen LogP contribution in [0.3, 0.4) is 0 Å². The lowest BCUT2D eigenvalue weighted by Crippen LogP contribution is -2.39. The molecule has 1 aromatic rings. The lowest BCUT2D eigenvalue weighted by molar-refractivity contribution is 0.645. The van der Waals surface area contributed by atoms with Gasteiger partial charge in [-0.15, -0.1) is 0 Å². The van der Waals surface area contributed by atoms with E-state index in [1.165, 1.54) is 0 Å². The number of nitrogens with two attached hydrogens (primary N) is 1. The van der Waals surface area contributed by atoms with Crippen LogP contribution in [0, 0.1) is 5.41 Å². The second-order valence-electron chi connectivity index (χ2n) is 5.26. The van der Waals surface area contributed by atoms with E-state index in [1.807, 2.05) is 18.7 Å². The lowest BCUT2D eigenvalue weighted by Gasteiger charge is -2.27. The molecule has 0 amide bonds. The number of nitrogens with zero attached hydrogens (tertiary/aromatic N) is 3. The maximum atomic E-state index is 12.4. The van der Waals surface area contributed by atoms with Crippen molar-refractivity contribution in [1.82, 2.24) is 9.55 Å². The van der Waals surface area contributed by atoms with E-state index >= 15 is 0 Å². The molecule has 1 aromatic heterocycles. The number of amidine groups is 1. The summed E-state index contributed by atoms with van der Waals surface area (Å²) in [4.78, 5) is 18.6. The zero-order valence-corrected chi connectivity index (χ0v) is 11.5. The van der Waals surface area contributed by atoms with Crippen molar-refractivity contribution in [3.05, 3.63) is 22.7 Å². The van der Waals surface area contributed by atoms with E-state index in [2.05, 4.69) is 4.98 Å². The van der Waals surface area contributed by atoms with Gasteiger partial charge < -0.3 is 15.2 Å². The number of hydrogen-bond acceptors (Lipinski definition) is 4. The van der Waals surface area contributed by atoms with Crippen molar-refractivity contribution >= 4 is 11.7 Å². The first kappa shape index (κ1) is 13.6. The number of aromatic nitrogens is 2. The van der Waals surface area contributed by atoms with Crippen LogP contribution in [0.4, 0.5) is 5.82 Å². The molecule has 0 radical (unpaired) electrons. The summed E-state index contributed by atoms with van der Waals surface area (Å²) in [5.74, 6) is 0.592. The molecule has 0 aliphatic heterocycles. The average molecular weight is 263 g/mol. The van der Waals surface area contributed by atoms with Crippen LogP contribution in [-0.2, 0) is 0 Å². The molecule has 6 nitrogen and oxygen atoms in total. The minimum atomic E-state index is -0.0396. The third kappa shape index (κ3) is 3.13. The number of anilines is 1. The molecule has 19 heavy (non-hydrogen) atoms. The van der Waals surface area contributed by atoms with Crippen molar-refractivity contribution in [3.8, 4) is 0 Å². The summed E-state index contributed by atoms with van der Waals surface area (Å²) in [6.45, 7) is 4.56. The first-order valence-corrected chi connectivity index (χ1v) is 6.67. The van der Waals surface area contributed by atoms with Crippen LogP contribution in [-0.4, -0.2) is 28.0 Å². The van der Waals surface area contributed by atoms with E-state index in [4.69, 9.17) is 11.1 Å². The lowest BCUT2D eigenvalue weighted by atomic mass is 10.2. The van der Waals surface area contributed by atoms with Gasteiger partial charge in [0.1, 0.15) is 0 Å². The van der Waals surface area contributed by atoms with Crippen molar-refractivity contribution in [3.63, 3.8) is 0 Å². The summed E-state index contributed by atoms with van der Waals surface area (Å²) in [5.41, 5.74) is 5.36. The Labute approximate surface area is 112 Å². The molecule has 0 atom stereocenters. The maximum Gasteiger partial charge on any atom is 0.293 e. The Morgan fingerprint density at radius 2 is 2.32 bits per heavy atom. The number of rotatable bonds is 6. The summed E-state index contributed by atoms with van der Waals surface area (Å²) in [6.07, 6.45) is 6.01. The fourth-order valence-corrected chi connectivity index (χ4v) is 2.10. The third-order valence-electron chi connectivity index (χ3n) is 3.31. The standard InChI is InChI=1S/C13H21N5O/c1-9(2)17(7-5-11(14)15)12-13(19)18(8-6-16-12)10-3-4-10/h6,8-10H,3-5,7H2,1-2H3,(H3,14,15). The van der Waals surface area contributed by atoms with Gasteiger partial charge in [0.2, 0.25) is 0 Å². The molecule has 0 saturated heterocycles. The molecule has 1 fully saturated rings. The summed E-state index contributed by atoms with van der Waals surface area (Å²) < 4.78 is 1.77. The largest absolute Gasteiger partial charge is 0.388 e. The smallest absolute Gasteiger partial charge is 0.293 e. The van der Waals surface area contributed by atoms with Gasteiger partial charge in [0.05, 0.1) is 5.84 Å². The molecule has 3 N–H and O–H groups in total. The van der Waals surface area contributed by atoms with Gasteiger partial charge in [-0.1, -0.05) is 0 Å². The van der Waals surface area contributed by atoms with Crippen LogP contribution in [0.25, 0.3) is 0 Å². The summed E-state index contributed by atoms with van der Waals surface area (Å²) in [6, 6.07) is 0.491. The zero-order valence-electron chi connectivity index (χ0n) is 11.5. The Kier molecular flexibility index (Phi) is 3.87. The van der Waals surface area contributed by atoms with Crippen molar-refractivity contribution < 1.29 is 0 Å². The van der Waals surface area contributed by atoms with Crippen LogP contribution >= 0.6 is 0 Å². The third-order valence-corrected chi connectivity index (χ3v) is 3.31. The fourth-order valence-electron chi connectivity index (χ4n) is 2.10. The first-order valence-electron chi connectivity index (χ1n) is 6.67. The van der Waals surface area contributed by atoms with E-state index in [1.54, 1.807) is 17.0 Å². The first-order chi connectivity index (χ1) is 9.00. The Morgan fingerprint density at radius 3 is 2.84 bits per heavy atom. The van der Waals surface area contributed by atoms with Crippen molar-refractivity contribution in [2.45, 2.75) is 45.2 Å². The van der Waals surface area contributed by atoms with Gasteiger partial charge in [-0.2, -0.15) is 0 Å². The molecule has 2 rings (SSSR count). The monoisotopic (exact) mass is 263 g/mol. The molecule has 0 aromatic carbocycles. The quantitative estimate of drug-likeness (QED) is 0.594. The predicted octanol–water partition coefficient (Wildman–Crippen LogP) is 1.12. The maximum absolute atomic E-state index is 12.4. The van der Waals surface area contributed by atoms with E-state index in [-0.39, 0.29) is 17.4 Å². The molecule has 1 saturated carbocycles. The van der Waals surface area contributed by atoms with Crippen molar-refractivity contribution in [2.75, 3.05) is 11.4 Å². The molecule has 6 heteroatoms. The Morgan fingerprint density at radius 1 is 1.63 bits per heavy atom. The highest BCUT2D eigenvalue weighted by Crippen LogP contribution is 2.33. The highest BCUT2D eigenvalue weighted by atomic mass is 16.1. The summed E-state index contributed by atoms with van der Waals surface area (Å²) in [7, 11) is 0.